The largest absolute Gasteiger partial charge is 0.454 e. The number of rotatable bonds is 6. The zero-order chi connectivity index (χ0) is 17.1. The number of aromatic nitrogens is 4. The molecule has 0 saturated carbocycles. The predicted molar refractivity (Wildman–Crippen MR) is 88.6 cm³/mol. The van der Waals surface area contributed by atoms with Crippen molar-refractivity contribution in [3.05, 3.63) is 59.1 Å². The molecule has 1 amide bonds. The highest BCUT2D eigenvalue weighted by Gasteiger charge is 2.13. The van der Waals surface area contributed by atoms with E-state index in [0.29, 0.717) is 24.6 Å². The lowest BCUT2D eigenvalue weighted by atomic mass is 10.3. The third-order valence-corrected chi connectivity index (χ3v) is 3.83. The third kappa shape index (κ3) is 3.40. The van der Waals surface area contributed by atoms with Crippen LogP contribution in [0.2, 0.25) is 0 Å². The van der Waals surface area contributed by atoms with E-state index in [1.54, 1.807) is 12.3 Å². The minimum absolute atomic E-state index is 0.238. The summed E-state index contributed by atoms with van der Waals surface area (Å²) in [5.41, 5.74) is 2.98. The molecular weight excluding hydrogens is 306 g/mol. The van der Waals surface area contributed by atoms with Crippen LogP contribution in [0.1, 0.15) is 40.3 Å². The van der Waals surface area contributed by atoms with Crippen molar-refractivity contribution in [2.45, 2.75) is 40.4 Å². The minimum Gasteiger partial charge on any atom is -0.454 e. The van der Waals surface area contributed by atoms with Gasteiger partial charge in [-0.05, 0) is 45.0 Å². The maximum atomic E-state index is 12.2. The Bertz CT molecular complexity index is 843. The molecule has 0 saturated heterocycles. The van der Waals surface area contributed by atoms with Gasteiger partial charge in [0.25, 0.3) is 5.91 Å². The molecule has 3 aromatic rings. The van der Waals surface area contributed by atoms with E-state index in [2.05, 4.69) is 15.5 Å². The van der Waals surface area contributed by atoms with Gasteiger partial charge < -0.3 is 9.73 Å². The van der Waals surface area contributed by atoms with Gasteiger partial charge in [0.2, 0.25) is 0 Å². The molecule has 0 aliphatic carbocycles. The Balaban J connectivity index is 1.62. The third-order valence-electron chi connectivity index (χ3n) is 3.83. The van der Waals surface area contributed by atoms with Gasteiger partial charge in [-0.3, -0.25) is 14.2 Å². The van der Waals surface area contributed by atoms with Gasteiger partial charge in [-0.1, -0.05) is 0 Å². The van der Waals surface area contributed by atoms with E-state index >= 15 is 0 Å². The van der Waals surface area contributed by atoms with E-state index in [4.69, 9.17) is 4.42 Å². The van der Waals surface area contributed by atoms with Crippen LogP contribution >= 0.6 is 0 Å². The van der Waals surface area contributed by atoms with Gasteiger partial charge in [0.1, 0.15) is 5.76 Å². The van der Waals surface area contributed by atoms with Crippen LogP contribution in [0.25, 0.3) is 0 Å². The summed E-state index contributed by atoms with van der Waals surface area (Å²) in [6.07, 6.45) is 1.73. The van der Waals surface area contributed by atoms with Crippen LogP contribution in [0.4, 0.5) is 0 Å². The Morgan fingerprint density at radius 3 is 2.79 bits per heavy atom. The molecule has 0 aliphatic rings. The van der Waals surface area contributed by atoms with Gasteiger partial charge in [-0.15, -0.1) is 0 Å². The standard InChI is InChI=1S/C17H21N5O2/c1-4-21-14(7-8-19-21)10-18-17(23)16-6-5-15(24-16)11-22-13(3)9-12(2)20-22/h5-9H,4,10-11H2,1-3H3,(H,18,23). The van der Waals surface area contributed by atoms with E-state index in [0.717, 1.165) is 23.6 Å². The molecule has 0 bridgehead atoms. The van der Waals surface area contributed by atoms with Crippen LogP contribution in [-0.2, 0) is 19.6 Å². The van der Waals surface area contributed by atoms with Crippen LogP contribution in [0.5, 0.6) is 0 Å². The summed E-state index contributed by atoms with van der Waals surface area (Å²) in [5.74, 6) is 0.762. The monoisotopic (exact) mass is 327 g/mol. The predicted octanol–water partition coefficient (Wildman–Crippen LogP) is 2.29. The Morgan fingerprint density at radius 2 is 2.08 bits per heavy atom. The molecule has 24 heavy (non-hydrogen) atoms. The van der Waals surface area contributed by atoms with E-state index in [1.165, 1.54) is 0 Å². The van der Waals surface area contributed by atoms with Crippen LogP contribution in [0.3, 0.4) is 0 Å². The lowest BCUT2D eigenvalue weighted by Crippen LogP contribution is -2.24. The van der Waals surface area contributed by atoms with Crippen LogP contribution in [-0.4, -0.2) is 25.5 Å². The molecule has 1 N–H and O–H groups in total. The van der Waals surface area contributed by atoms with Crippen molar-refractivity contribution in [2.75, 3.05) is 0 Å². The fourth-order valence-electron chi connectivity index (χ4n) is 2.62. The van der Waals surface area contributed by atoms with Crippen molar-refractivity contribution in [3.8, 4) is 0 Å². The average Bonchev–Trinajstić information content (AvgIpc) is 3.26. The Kier molecular flexibility index (Phi) is 4.50. The second-order valence-corrected chi connectivity index (χ2v) is 5.67. The van der Waals surface area contributed by atoms with Gasteiger partial charge in [0.05, 0.1) is 24.5 Å². The lowest BCUT2D eigenvalue weighted by Gasteiger charge is -2.05. The van der Waals surface area contributed by atoms with Crippen molar-refractivity contribution in [3.63, 3.8) is 0 Å². The van der Waals surface area contributed by atoms with Crippen molar-refractivity contribution < 1.29 is 9.21 Å². The molecule has 0 aromatic carbocycles. The molecule has 0 aliphatic heterocycles. The fourth-order valence-corrected chi connectivity index (χ4v) is 2.62. The first-order valence-electron chi connectivity index (χ1n) is 7.95. The van der Waals surface area contributed by atoms with Gasteiger partial charge in [-0.2, -0.15) is 10.2 Å². The molecule has 7 nitrogen and oxygen atoms in total. The van der Waals surface area contributed by atoms with Crippen molar-refractivity contribution in [1.29, 1.82) is 0 Å². The summed E-state index contributed by atoms with van der Waals surface area (Å²) in [4.78, 5) is 12.2. The van der Waals surface area contributed by atoms with Gasteiger partial charge >= 0.3 is 0 Å². The SMILES string of the molecule is CCn1nccc1CNC(=O)c1ccc(Cn2nc(C)cc2C)o1. The van der Waals surface area contributed by atoms with Crippen LogP contribution in [0.15, 0.2) is 34.9 Å². The average molecular weight is 327 g/mol. The zero-order valence-electron chi connectivity index (χ0n) is 14.1. The van der Waals surface area contributed by atoms with Crippen LogP contribution in [0, 0.1) is 13.8 Å². The summed E-state index contributed by atoms with van der Waals surface area (Å²) >= 11 is 0. The number of hydrogen-bond acceptors (Lipinski definition) is 4. The zero-order valence-corrected chi connectivity index (χ0v) is 14.1. The first-order chi connectivity index (χ1) is 11.6. The highest BCUT2D eigenvalue weighted by Crippen LogP contribution is 2.12. The second kappa shape index (κ2) is 6.74. The normalized spacial score (nSPS) is 11.0. The molecule has 0 atom stereocenters. The fraction of sp³-hybridized carbons (Fsp3) is 0.353. The number of carbonyl (C=O) groups excluding carboxylic acids is 1. The molecule has 3 heterocycles. The molecule has 3 aromatic heterocycles. The maximum absolute atomic E-state index is 12.2. The van der Waals surface area contributed by atoms with Crippen LogP contribution < -0.4 is 5.32 Å². The summed E-state index contributed by atoms with van der Waals surface area (Å²) < 4.78 is 9.35. The molecule has 0 unspecified atom stereocenters. The number of aryl methyl sites for hydroxylation is 3. The number of nitrogens with zero attached hydrogens (tertiary/aromatic N) is 4. The Morgan fingerprint density at radius 1 is 1.25 bits per heavy atom. The van der Waals surface area contributed by atoms with Crippen molar-refractivity contribution in [2.24, 2.45) is 0 Å². The summed E-state index contributed by atoms with van der Waals surface area (Å²) in [7, 11) is 0. The number of carbonyl (C=O) groups is 1. The number of furan rings is 1. The second-order valence-electron chi connectivity index (χ2n) is 5.67. The molecule has 0 radical (unpaired) electrons. The van der Waals surface area contributed by atoms with E-state index in [9.17, 15) is 4.79 Å². The lowest BCUT2D eigenvalue weighted by molar-refractivity contribution is 0.0920. The summed E-state index contributed by atoms with van der Waals surface area (Å²) in [6.45, 7) is 7.65. The highest BCUT2D eigenvalue weighted by molar-refractivity contribution is 5.91. The number of hydrogen-bond donors (Lipinski definition) is 1. The van der Waals surface area contributed by atoms with E-state index < -0.39 is 0 Å². The van der Waals surface area contributed by atoms with Gasteiger partial charge in [0, 0.05) is 18.4 Å². The minimum atomic E-state index is -0.238. The Labute approximate surface area is 140 Å². The number of nitrogens with one attached hydrogen (secondary N) is 1. The summed E-state index contributed by atoms with van der Waals surface area (Å²) in [6, 6.07) is 7.39. The molecular formula is C17H21N5O2. The van der Waals surface area contributed by atoms with E-state index in [-0.39, 0.29) is 5.91 Å². The topological polar surface area (TPSA) is 77.9 Å². The summed E-state index contributed by atoms with van der Waals surface area (Å²) in [5, 5.41) is 11.4. The molecule has 0 spiro atoms. The molecule has 0 fully saturated rings. The Hall–Kier alpha value is -2.83. The highest BCUT2D eigenvalue weighted by atomic mass is 16.4. The maximum Gasteiger partial charge on any atom is 0.287 e. The van der Waals surface area contributed by atoms with E-state index in [1.807, 2.05) is 48.3 Å². The quantitative estimate of drug-likeness (QED) is 0.753. The molecule has 126 valence electrons. The van der Waals surface area contributed by atoms with Gasteiger partial charge in [0.15, 0.2) is 5.76 Å². The number of amides is 1. The first kappa shape index (κ1) is 16.0. The smallest absolute Gasteiger partial charge is 0.287 e. The van der Waals surface area contributed by atoms with Crippen molar-refractivity contribution in [1.82, 2.24) is 24.9 Å². The molecule has 7 heteroatoms. The first-order valence-corrected chi connectivity index (χ1v) is 7.95. The van der Waals surface area contributed by atoms with Gasteiger partial charge in [-0.25, -0.2) is 0 Å². The van der Waals surface area contributed by atoms with Crippen molar-refractivity contribution >= 4 is 5.91 Å². The molecule has 3 rings (SSSR count).